The molecule has 45 heavy (non-hydrogen) atoms. The highest BCUT2D eigenvalue weighted by atomic mass is 19.4. The number of benzene rings is 2. The zero-order valence-electron chi connectivity index (χ0n) is 26.7. The zero-order chi connectivity index (χ0) is 34.8. The second-order valence-electron chi connectivity index (χ2n) is 12.9. The number of ether oxygens (including phenoxy) is 2. The number of carboxylic acid groups (broad SMARTS) is 1. The Balaban J connectivity index is 0.00000129. The van der Waals surface area contributed by atoms with E-state index in [0.717, 1.165) is 5.56 Å². The van der Waals surface area contributed by atoms with Crippen LogP contribution in [0.1, 0.15) is 71.3 Å². The molecule has 0 radical (unpaired) electrons. The van der Waals surface area contributed by atoms with E-state index in [0.29, 0.717) is 6.54 Å². The van der Waals surface area contributed by atoms with Gasteiger partial charge in [0.05, 0.1) is 23.8 Å². The summed E-state index contributed by atoms with van der Waals surface area (Å²) in [7, 11) is 0. The Morgan fingerprint density at radius 1 is 0.756 bits per heavy atom. The number of rotatable bonds is 10. The predicted octanol–water partition coefficient (Wildman–Crippen LogP) is 5.13. The fourth-order valence-corrected chi connectivity index (χ4v) is 3.02. The van der Waals surface area contributed by atoms with E-state index in [-0.39, 0.29) is 41.7 Å². The van der Waals surface area contributed by atoms with Crippen molar-refractivity contribution in [1.82, 2.24) is 10.6 Å². The van der Waals surface area contributed by atoms with Crippen LogP contribution in [0.15, 0.2) is 48.5 Å². The molecule has 3 N–H and O–H groups in total. The van der Waals surface area contributed by atoms with Crippen LogP contribution in [0.3, 0.4) is 0 Å². The van der Waals surface area contributed by atoms with Crippen molar-refractivity contribution in [3.8, 4) is 11.5 Å². The van der Waals surface area contributed by atoms with Crippen LogP contribution in [0.4, 0.5) is 13.2 Å². The van der Waals surface area contributed by atoms with Gasteiger partial charge in [0, 0.05) is 23.7 Å². The van der Waals surface area contributed by atoms with Crippen LogP contribution in [-0.4, -0.2) is 59.5 Å². The van der Waals surface area contributed by atoms with Crippen molar-refractivity contribution in [2.75, 3.05) is 13.1 Å². The third-order valence-corrected chi connectivity index (χ3v) is 5.75. The molecule has 10 nitrogen and oxygen atoms in total. The maximum absolute atomic E-state index is 13.1. The maximum atomic E-state index is 13.1. The molecule has 0 unspecified atom stereocenters. The molecule has 2 aromatic carbocycles. The number of hydrogen-bond acceptors (Lipinski definition) is 8. The first-order valence-electron chi connectivity index (χ1n) is 13.9. The average Bonchev–Trinajstić information content (AvgIpc) is 2.90. The summed E-state index contributed by atoms with van der Waals surface area (Å²) in [5.74, 6) is -3.92. The molecule has 2 rings (SSSR count). The number of carboxylic acids is 1. The topological polar surface area (TPSA) is 148 Å². The molecule has 0 saturated heterocycles. The average molecular weight is 639 g/mol. The van der Waals surface area contributed by atoms with Crippen molar-refractivity contribution in [2.24, 2.45) is 10.8 Å². The van der Waals surface area contributed by atoms with E-state index >= 15 is 0 Å². The summed E-state index contributed by atoms with van der Waals surface area (Å²) in [6.45, 7) is 14.3. The fourth-order valence-electron chi connectivity index (χ4n) is 3.02. The first-order chi connectivity index (χ1) is 20.4. The molecule has 2 aromatic rings. The number of carbonyl (C=O) groups excluding carboxylic acids is 4. The molecular weight excluding hydrogens is 597 g/mol. The molecule has 0 aliphatic carbocycles. The van der Waals surface area contributed by atoms with Crippen molar-refractivity contribution in [3.05, 3.63) is 59.7 Å². The van der Waals surface area contributed by atoms with Crippen LogP contribution < -0.4 is 20.1 Å². The van der Waals surface area contributed by atoms with Gasteiger partial charge in [0.2, 0.25) is 5.91 Å². The van der Waals surface area contributed by atoms with Crippen molar-refractivity contribution in [2.45, 2.75) is 73.5 Å². The third kappa shape index (κ3) is 14.8. The van der Waals surface area contributed by atoms with E-state index in [2.05, 4.69) is 10.6 Å². The largest absolute Gasteiger partial charge is 0.490 e. The van der Waals surface area contributed by atoms with Gasteiger partial charge in [-0.25, -0.2) is 4.79 Å². The van der Waals surface area contributed by atoms with Crippen LogP contribution in [0.5, 0.6) is 11.5 Å². The number of Topliss-reactive ketones (excluding diaryl/α,β-unsaturated/α-hetero) is 1. The van der Waals surface area contributed by atoms with Gasteiger partial charge in [0.15, 0.2) is 5.78 Å². The molecule has 0 atom stereocenters. The summed E-state index contributed by atoms with van der Waals surface area (Å²) in [4.78, 5) is 59.2. The van der Waals surface area contributed by atoms with Gasteiger partial charge in [-0.3, -0.25) is 19.2 Å². The molecule has 0 aliphatic rings. The van der Waals surface area contributed by atoms with E-state index in [9.17, 15) is 32.3 Å². The quantitative estimate of drug-likeness (QED) is 0.183. The minimum atomic E-state index is -5.08. The highest BCUT2D eigenvalue weighted by Crippen LogP contribution is 2.28. The first-order valence-corrected chi connectivity index (χ1v) is 13.9. The molecule has 13 heteroatoms. The lowest BCUT2D eigenvalue weighted by Gasteiger charge is -2.26. The van der Waals surface area contributed by atoms with Gasteiger partial charge in [-0.2, -0.15) is 13.2 Å². The minimum absolute atomic E-state index is 0.0507. The van der Waals surface area contributed by atoms with Gasteiger partial charge in [-0.05, 0) is 73.1 Å². The molecule has 248 valence electrons. The summed E-state index contributed by atoms with van der Waals surface area (Å²) in [5, 5.41) is 13.2. The normalized spacial score (nSPS) is 11.9. The fraction of sp³-hybridized carbons (Fsp3) is 0.469. The van der Waals surface area contributed by atoms with Crippen molar-refractivity contribution in [3.63, 3.8) is 0 Å². The maximum Gasteiger partial charge on any atom is 0.490 e. The smallest absolute Gasteiger partial charge is 0.475 e. The van der Waals surface area contributed by atoms with Crippen molar-refractivity contribution in [1.29, 1.82) is 0 Å². The Labute approximate surface area is 260 Å². The molecule has 0 aliphatic heterocycles. The minimum Gasteiger partial charge on any atom is -0.475 e. The van der Waals surface area contributed by atoms with E-state index in [4.69, 9.17) is 19.4 Å². The molecule has 0 bridgehead atoms. The zero-order valence-corrected chi connectivity index (χ0v) is 26.7. The molecule has 1 amide bonds. The number of halogens is 3. The van der Waals surface area contributed by atoms with Gasteiger partial charge < -0.3 is 25.2 Å². The number of amides is 1. The number of ketones is 1. The number of aliphatic carboxylic acids is 1. The molecule has 0 saturated carbocycles. The summed E-state index contributed by atoms with van der Waals surface area (Å²) in [5.41, 5.74) is -0.976. The number of carbonyl (C=O) groups is 5. The highest BCUT2D eigenvalue weighted by molar-refractivity contribution is 5.98. The highest BCUT2D eigenvalue weighted by Gasteiger charge is 2.38. The second kappa shape index (κ2) is 15.6. The molecule has 0 spiro atoms. The van der Waals surface area contributed by atoms with Crippen LogP contribution >= 0.6 is 0 Å². The van der Waals surface area contributed by atoms with Gasteiger partial charge in [0.25, 0.3) is 0 Å². The first kappa shape index (κ1) is 38.8. The lowest BCUT2D eigenvalue weighted by atomic mass is 9.97. The van der Waals surface area contributed by atoms with Crippen LogP contribution in [0.25, 0.3) is 0 Å². The van der Waals surface area contributed by atoms with E-state index in [1.54, 1.807) is 41.5 Å². The Hall–Kier alpha value is -4.26. The lowest BCUT2D eigenvalue weighted by Crippen LogP contribution is -2.50. The standard InChI is InChI=1S/C30H40N2O6.C2HF3O2/c1-28(2,3)26(35)37-22-15-21(16-23(17-22)38-27(36)29(4,5)6)24(33)18-32-30(7,8)19-31-25(34)14-20-12-10-9-11-13-20;3-2(4,5)1(6)7/h9-13,15-17,32H,14,18-19H2,1-8H3,(H,31,34);(H,6,7). The lowest BCUT2D eigenvalue weighted by molar-refractivity contribution is -0.192. The Morgan fingerprint density at radius 2 is 1.20 bits per heavy atom. The Kier molecular flexibility index (Phi) is 13.5. The Bertz CT molecular complexity index is 1310. The van der Waals surface area contributed by atoms with Crippen molar-refractivity contribution >= 4 is 29.6 Å². The van der Waals surface area contributed by atoms with Gasteiger partial charge in [-0.15, -0.1) is 0 Å². The summed E-state index contributed by atoms with van der Waals surface area (Å²) in [6.07, 6.45) is -4.81. The summed E-state index contributed by atoms with van der Waals surface area (Å²) < 4.78 is 42.7. The number of alkyl halides is 3. The number of nitrogens with one attached hydrogen (secondary N) is 2. The van der Waals surface area contributed by atoms with E-state index in [1.165, 1.54) is 18.2 Å². The van der Waals surface area contributed by atoms with Gasteiger partial charge >= 0.3 is 24.1 Å². The molecule has 0 fully saturated rings. The summed E-state index contributed by atoms with van der Waals surface area (Å²) >= 11 is 0. The van der Waals surface area contributed by atoms with E-state index < -0.39 is 40.5 Å². The second-order valence-corrected chi connectivity index (χ2v) is 12.9. The Morgan fingerprint density at radius 3 is 1.60 bits per heavy atom. The van der Waals surface area contributed by atoms with E-state index in [1.807, 2.05) is 44.2 Å². The van der Waals surface area contributed by atoms with Crippen LogP contribution in [0, 0.1) is 10.8 Å². The summed E-state index contributed by atoms with van der Waals surface area (Å²) in [6, 6.07) is 13.8. The van der Waals surface area contributed by atoms with Crippen LogP contribution in [0.2, 0.25) is 0 Å². The predicted molar refractivity (Wildman–Crippen MR) is 160 cm³/mol. The van der Waals surface area contributed by atoms with Gasteiger partial charge in [-0.1, -0.05) is 30.3 Å². The SMILES string of the molecule is CC(C)(CNC(=O)Cc1ccccc1)NCC(=O)c1cc(OC(=O)C(C)(C)C)cc(OC(=O)C(C)(C)C)c1.O=C(O)C(F)(F)F. The molecule has 0 heterocycles. The van der Waals surface area contributed by atoms with Gasteiger partial charge in [0.1, 0.15) is 11.5 Å². The molecule has 0 aromatic heterocycles. The van der Waals surface area contributed by atoms with Crippen LogP contribution in [-0.2, 0) is 25.6 Å². The molecular formula is C32H41F3N2O8. The number of hydrogen-bond donors (Lipinski definition) is 3. The monoisotopic (exact) mass is 638 g/mol. The third-order valence-electron chi connectivity index (χ3n) is 5.75. The number of esters is 2. The van der Waals surface area contributed by atoms with Crippen molar-refractivity contribution < 1.29 is 51.7 Å².